The van der Waals surface area contributed by atoms with E-state index in [9.17, 15) is 19.4 Å². The van der Waals surface area contributed by atoms with Gasteiger partial charge in [-0.05, 0) is 109 Å². The Hall–Kier alpha value is -3.36. The van der Waals surface area contributed by atoms with Gasteiger partial charge in [0.05, 0.1) is 39.9 Å². The van der Waals surface area contributed by atoms with Crippen molar-refractivity contribution in [2.75, 3.05) is 40.9 Å². The third-order valence-electron chi connectivity index (χ3n) is 13.8. The summed E-state index contributed by atoms with van der Waals surface area (Å²) in [6.07, 6.45) is 91.3. The van der Waals surface area contributed by atoms with E-state index >= 15 is 0 Å². The molecule has 0 saturated heterocycles. The van der Waals surface area contributed by atoms with Gasteiger partial charge in [-0.1, -0.05) is 276 Å². The molecule has 0 aromatic heterocycles. The molecule has 3 atom stereocenters. The van der Waals surface area contributed by atoms with Gasteiger partial charge >= 0.3 is 0 Å². The molecular formula is C71H123N2O6P. The highest BCUT2D eigenvalue weighted by Crippen LogP contribution is 2.38. The highest BCUT2D eigenvalue weighted by Gasteiger charge is 2.23. The fourth-order valence-electron chi connectivity index (χ4n) is 8.79. The van der Waals surface area contributed by atoms with Crippen molar-refractivity contribution in [3.8, 4) is 0 Å². The number of carbonyl (C=O) groups is 1. The van der Waals surface area contributed by atoms with E-state index in [0.29, 0.717) is 17.4 Å². The number of allylic oxidation sites excluding steroid dienone is 21. The van der Waals surface area contributed by atoms with Crippen LogP contribution in [0, 0.1) is 0 Å². The van der Waals surface area contributed by atoms with Crippen LogP contribution in [0.25, 0.3) is 0 Å². The monoisotopic (exact) mass is 1130 g/mol. The molecule has 0 heterocycles. The molecule has 0 aliphatic carbocycles. The molecule has 0 fully saturated rings. The second-order valence-corrected chi connectivity index (χ2v) is 24.1. The Morgan fingerprint density at radius 2 is 0.775 bits per heavy atom. The van der Waals surface area contributed by atoms with E-state index in [2.05, 4.69) is 141 Å². The van der Waals surface area contributed by atoms with Crippen molar-refractivity contribution in [2.24, 2.45) is 0 Å². The molecule has 0 aliphatic heterocycles. The van der Waals surface area contributed by atoms with Crippen molar-refractivity contribution < 1.29 is 32.9 Å². The molecule has 2 N–H and O–H groups in total. The number of hydrogen-bond acceptors (Lipinski definition) is 6. The van der Waals surface area contributed by atoms with Crippen molar-refractivity contribution in [3.63, 3.8) is 0 Å². The number of amides is 1. The molecule has 1 amide bonds. The van der Waals surface area contributed by atoms with Crippen LogP contribution in [0.4, 0.5) is 0 Å². The normalized spacial score (nSPS) is 14.6. The first kappa shape index (κ1) is 76.6. The zero-order valence-corrected chi connectivity index (χ0v) is 53.1. The Morgan fingerprint density at radius 3 is 1.16 bits per heavy atom. The maximum atomic E-state index is 13.0. The molecule has 0 aliphatic rings. The summed E-state index contributed by atoms with van der Waals surface area (Å²) in [7, 11) is 1.23. The zero-order valence-electron chi connectivity index (χ0n) is 52.2. The van der Waals surface area contributed by atoms with Crippen LogP contribution in [0.5, 0.6) is 0 Å². The second-order valence-electron chi connectivity index (χ2n) is 22.7. The lowest BCUT2D eigenvalue weighted by Gasteiger charge is -2.29. The van der Waals surface area contributed by atoms with Crippen LogP contribution in [0.1, 0.15) is 258 Å². The molecule has 9 heteroatoms. The first-order valence-electron chi connectivity index (χ1n) is 32.5. The third-order valence-corrected chi connectivity index (χ3v) is 14.8. The summed E-state index contributed by atoms with van der Waals surface area (Å²) in [5.74, 6) is -0.215. The van der Waals surface area contributed by atoms with Gasteiger partial charge in [-0.2, -0.15) is 0 Å². The summed E-state index contributed by atoms with van der Waals surface area (Å²) < 4.78 is 23.3. The zero-order chi connectivity index (χ0) is 58.4. The summed E-state index contributed by atoms with van der Waals surface area (Å²) in [5, 5.41) is 13.9. The molecule has 0 bridgehead atoms. The number of likely N-dealkylation sites (N-methyl/N-ethyl adjacent to an activating group) is 1. The Labute approximate surface area is 494 Å². The molecule has 0 radical (unpaired) electrons. The number of unbranched alkanes of at least 4 members (excludes halogenated alkanes) is 25. The van der Waals surface area contributed by atoms with Gasteiger partial charge in [0.15, 0.2) is 0 Å². The predicted octanol–water partition coefficient (Wildman–Crippen LogP) is 20.0. The summed E-state index contributed by atoms with van der Waals surface area (Å²) in [5.41, 5.74) is 0. The van der Waals surface area contributed by atoms with Crippen molar-refractivity contribution in [1.82, 2.24) is 5.32 Å². The van der Waals surface area contributed by atoms with Crippen LogP contribution in [-0.2, 0) is 18.4 Å². The van der Waals surface area contributed by atoms with Crippen LogP contribution < -0.4 is 10.2 Å². The van der Waals surface area contributed by atoms with E-state index in [0.717, 1.165) is 96.3 Å². The van der Waals surface area contributed by atoms with Gasteiger partial charge < -0.3 is 28.8 Å². The lowest BCUT2D eigenvalue weighted by molar-refractivity contribution is -0.870. The van der Waals surface area contributed by atoms with Crippen LogP contribution in [0.3, 0.4) is 0 Å². The van der Waals surface area contributed by atoms with Gasteiger partial charge in [-0.15, -0.1) is 0 Å². The van der Waals surface area contributed by atoms with E-state index in [1.807, 2.05) is 27.2 Å². The number of nitrogens with one attached hydrogen (secondary N) is 1. The topological polar surface area (TPSA) is 108 Å². The fraction of sp³-hybridized carbons (Fsp3) is 0.676. The van der Waals surface area contributed by atoms with Gasteiger partial charge in [0.1, 0.15) is 13.2 Å². The number of phosphoric acid groups is 1. The number of carbonyl (C=O) groups excluding carboxylic acids is 1. The van der Waals surface area contributed by atoms with Crippen LogP contribution in [0.2, 0.25) is 0 Å². The number of aliphatic hydroxyl groups excluding tert-OH is 1. The first-order valence-corrected chi connectivity index (χ1v) is 34.0. The molecule has 0 rings (SSSR count). The summed E-state index contributed by atoms with van der Waals surface area (Å²) in [6.45, 7) is 4.50. The molecule has 0 aromatic rings. The molecule has 3 unspecified atom stereocenters. The second kappa shape index (κ2) is 60.2. The lowest BCUT2D eigenvalue weighted by Crippen LogP contribution is -2.45. The summed E-state index contributed by atoms with van der Waals surface area (Å²) >= 11 is 0. The van der Waals surface area contributed by atoms with Crippen molar-refractivity contribution in [2.45, 2.75) is 270 Å². The van der Waals surface area contributed by atoms with Gasteiger partial charge in [-0.3, -0.25) is 9.36 Å². The summed E-state index contributed by atoms with van der Waals surface area (Å²) in [6, 6.07) is -0.917. The number of hydrogen-bond donors (Lipinski definition) is 2. The highest BCUT2D eigenvalue weighted by molar-refractivity contribution is 7.45. The predicted molar refractivity (Wildman–Crippen MR) is 348 cm³/mol. The molecule has 80 heavy (non-hydrogen) atoms. The van der Waals surface area contributed by atoms with E-state index in [1.165, 1.54) is 141 Å². The Balaban J connectivity index is 4.06. The maximum absolute atomic E-state index is 13.0. The lowest BCUT2D eigenvalue weighted by atomic mass is 10.0. The van der Waals surface area contributed by atoms with Crippen molar-refractivity contribution in [3.05, 3.63) is 134 Å². The largest absolute Gasteiger partial charge is 0.756 e. The number of aliphatic hydroxyl groups is 1. The first-order chi connectivity index (χ1) is 39.0. The Kier molecular flexibility index (Phi) is 57.7. The highest BCUT2D eigenvalue weighted by atomic mass is 31.2. The van der Waals surface area contributed by atoms with E-state index in [1.54, 1.807) is 6.08 Å². The molecule has 0 spiro atoms. The van der Waals surface area contributed by atoms with Gasteiger partial charge in [0.2, 0.25) is 5.91 Å². The van der Waals surface area contributed by atoms with E-state index in [4.69, 9.17) is 9.05 Å². The van der Waals surface area contributed by atoms with E-state index < -0.39 is 26.6 Å². The number of quaternary nitrogens is 1. The SMILES string of the molecule is CC/C=C\C/C=C\C/C=C\C/C=C\C/C=C\C/C=C\C/C=C\C/C=C\CCCCCCCCCCCCCCCCCCC(=O)NC(COP(=O)([O-])OCC[N+](C)(C)C)C(O)/C=C/CC/C=C/CC/C=C/CCCCCCCCC. The minimum atomic E-state index is -4.62. The molecule has 8 nitrogen and oxygen atoms in total. The molecule has 0 aromatic carbocycles. The van der Waals surface area contributed by atoms with Crippen molar-refractivity contribution >= 4 is 13.7 Å². The van der Waals surface area contributed by atoms with Crippen LogP contribution in [-0.4, -0.2) is 68.5 Å². The smallest absolute Gasteiger partial charge is 0.268 e. The number of nitrogens with zero attached hydrogens (tertiary/aromatic N) is 1. The number of phosphoric ester groups is 1. The molecule has 458 valence electrons. The minimum Gasteiger partial charge on any atom is -0.756 e. The van der Waals surface area contributed by atoms with E-state index in [-0.39, 0.29) is 12.5 Å². The Morgan fingerprint density at radius 1 is 0.450 bits per heavy atom. The molecular weight excluding hydrogens is 1010 g/mol. The summed E-state index contributed by atoms with van der Waals surface area (Å²) in [4.78, 5) is 25.5. The standard InChI is InChI=1S/C71H123N2O6P/c1-6-8-10-12-14-16-18-20-22-24-25-26-27-28-29-30-31-32-33-34-35-36-37-38-39-40-41-42-43-44-45-46-47-49-51-53-55-57-59-61-63-65-71(75)72-69(68-79-80(76,77)78-67-66-73(3,4)5)70(74)64-62-60-58-56-54-52-50-48-23-21-19-17-15-13-11-9-7-2/h8,10,14,16,20,22-23,25-26,28-29,31-32,34-35,37-38,48,54,56,62,64,69-70,74H,6-7,9,11-13,15,17-19,21,24,27,30,33,36,39-47,49-53,55,57-61,63,65-68H2,1-5H3,(H-,72,75,76,77)/b10-8-,16-14-,22-20-,26-25-,29-28-,32-31-,35-34-,38-37-,48-23+,56-54+,64-62+. The number of rotatable bonds is 58. The molecule has 0 saturated carbocycles. The van der Waals surface area contributed by atoms with Gasteiger partial charge in [0, 0.05) is 6.42 Å². The maximum Gasteiger partial charge on any atom is 0.268 e. The quantitative estimate of drug-likeness (QED) is 0.0272. The fourth-order valence-corrected chi connectivity index (χ4v) is 9.51. The third kappa shape index (κ3) is 62.2. The average molecular weight is 1130 g/mol. The minimum absolute atomic E-state index is 0.0135. The van der Waals surface area contributed by atoms with Gasteiger partial charge in [0.25, 0.3) is 7.82 Å². The van der Waals surface area contributed by atoms with Crippen LogP contribution in [0.15, 0.2) is 134 Å². The van der Waals surface area contributed by atoms with Crippen LogP contribution >= 0.6 is 7.82 Å². The average Bonchev–Trinajstić information content (AvgIpc) is 3.42. The van der Waals surface area contributed by atoms with Crippen molar-refractivity contribution in [1.29, 1.82) is 0 Å². The Bertz CT molecular complexity index is 1760. The van der Waals surface area contributed by atoms with Gasteiger partial charge in [-0.25, -0.2) is 0 Å².